The largest absolute Gasteiger partial charge is 0.243 e. The minimum Gasteiger partial charge on any atom is -0.243 e. The second-order valence-corrected chi connectivity index (χ2v) is 2.94. The quantitative estimate of drug-likeness (QED) is 0.619. The number of nitrogens with zero attached hydrogens (tertiary/aromatic N) is 2. The Morgan fingerprint density at radius 3 is 2.90 bits per heavy atom. The fourth-order valence-corrected chi connectivity index (χ4v) is 1.24. The van der Waals surface area contributed by atoms with Gasteiger partial charge in [0.05, 0.1) is 10.7 Å². The van der Waals surface area contributed by atoms with Gasteiger partial charge in [0.25, 0.3) is 0 Å². The van der Waals surface area contributed by atoms with Crippen LogP contribution in [0.25, 0.3) is 0 Å². The summed E-state index contributed by atoms with van der Waals surface area (Å²) in [6, 6.07) is 0. The molecule has 1 aliphatic carbocycles. The summed E-state index contributed by atoms with van der Waals surface area (Å²) in [7, 11) is 0. The number of rotatable bonds is 1. The summed E-state index contributed by atoms with van der Waals surface area (Å²) in [5, 5.41) is 0.713. The van der Waals surface area contributed by atoms with Crippen molar-refractivity contribution >= 4 is 11.6 Å². The van der Waals surface area contributed by atoms with Crippen molar-refractivity contribution < 1.29 is 0 Å². The molecule has 1 heterocycles. The molecule has 1 aromatic rings. The highest BCUT2D eigenvalue weighted by Gasteiger charge is 2.26. The third kappa shape index (κ3) is 0.991. The van der Waals surface area contributed by atoms with Crippen molar-refractivity contribution in [3.63, 3.8) is 0 Å². The van der Waals surface area contributed by atoms with Gasteiger partial charge in [-0.05, 0) is 12.8 Å². The van der Waals surface area contributed by atoms with E-state index in [1.165, 1.54) is 12.8 Å². The maximum atomic E-state index is 5.83. The lowest BCUT2D eigenvalue weighted by Gasteiger charge is -1.96. The minimum absolute atomic E-state index is 0.621. The van der Waals surface area contributed by atoms with E-state index in [1.807, 2.05) is 0 Å². The maximum Gasteiger partial charge on any atom is 0.115 e. The number of hydrogen-bond donors (Lipinski definition) is 0. The highest BCUT2D eigenvalue weighted by atomic mass is 35.5. The molecule has 0 aromatic carbocycles. The Morgan fingerprint density at radius 2 is 2.30 bits per heavy atom. The lowest BCUT2D eigenvalue weighted by molar-refractivity contribution is 0.987. The van der Waals surface area contributed by atoms with Crippen LogP contribution in [-0.2, 0) is 0 Å². The van der Waals surface area contributed by atoms with Crippen LogP contribution in [0.15, 0.2) is 12.5 Å². The van der Waals surface area contributed by atoms with Gasteiger partial charge in [0, 0.05) is 12.1 Å². The van der Waals surface area contributed by atoms with E-state index in [0.717, 1.165) is 5.69 Å². The third-order valence-electron chi connectivity index (χ3n) is 1.66. The highest BCUT2D eigenvalue weighted by molar-refractivity contribution is 6.31. The van der Waals surface area contributed by atoms with Gasteiger partial charge in [-0.2, -0.15) is 0 Å². The molecule has 0 bridgehead atoms. The molecule has 1 aliphatic rings. The molecule has 0 spiro atoms. The van der Waals surface area contributed by atoms with Gasteiger partial charge in [0.2, 0.25) is 0 Å². The third-order valence-corrected chi connectivity index (χ3v) is 1.95. The van der Waals surface area contributed by atoms with Crippen molar-refractivity contribution in [3.8, 4) is 0 Å². The maximum absolute atomic E-state index is 5.83. The lowest BCUT2D eigenvalue weighted by Crippen LogP contribution is -1.87. The highest BCUT2D eigenvalue weighted by Crippen LogP contribution is 2.41. The first-order valence-corrected chi connectivity index (χ1v) is 3.71. The summed E-state index contributed by atoms with van der Waals surface area (Å²) in [6.45, 7) is 0. The molecule has 2 rings (SSSR count). The van der Waals surface area contributed by atoms with E-state index in [4.69, 9.17) is 11.6 Å². The normalized spacial score (nSPS) is 17.3. The van der Waals surface area contributed by atoms with Crippen molar-refractivity contribution in [1.82, 2.24) is 9.97 Å². The van der Waals surface area contributed by atoms with E-state index in [1.54, 1.807) is 12.5 Å². The Kier molecular flexibility index (Phi) is 1.34. The second kappa shape index (κ2) is 2.20. The van der Waals surface area contributed by atoms with Crippen LogP contribution >= 0.6 is 11.6 Å². The van der Waals surface area contributed by atoms with E-state index >= 15 is 0 Å². The molecule has 0 N–H and O–H groups in total. The first-order chi connectivity index (χ1) is 4.88. The topological polar surface area (TPSA) is 25.8 Å². The fourth-order valence-electron chi connectivity index (χ4n) is 0.979. The van der Waals surface area contributed by atoms with Gasteiger partial charge in [-0.3, -0.25) is 0 Å². The number of aromatic nitrogens is 2. The van der Waals surface area contributed by atoms with E-state index in [9.17, 15) is 0 Å². The molecule has 0 unspecified atom stereocenters. The molecule has 0 aliphatic heterocycles. The summed E-state index contributed by atoms with van der Waals surface area (Å²) in [5.41, 5.74) is 1.02. The summed E-state index contributed by atoms with van der Waals surface area (Å²) >= 11 is 5.83. The van der Waals surface area contributed by atoms with Crippen LogP contribution in [0.5, 0.6) is 0 Å². The zero-order valence-corrected chi connectivity index (χ0v) is 6.17. The van der Waals surface area contributed by atoms with E-state index in [0.29, 0.717) is 10.9 Å². The smallest absolute Gasteiger partial charge is 0.115 e. The average Bonchev–Trinajstić information content (AvgIpc) is 2.71. The number of halogens is 1. The van der Waals surface area contributed by atoms with Crippen LogP contribution in [0, 0.1) is 0 Å². The van der Waals surface area contributed by atoms with Crippen LogP contribution in [0.3, 0.4) is 0 Å². The molecule has 0 saturated heterocycles. The fraction of sp³-hybridized carbons (Fsp3) is 0.429. The zero-order valence-electron chi connectivity index (χ0n) is 5.42. The van der Waals surface area contributed by atoms with Crippen LogP contribution in [0.4, 0.5) is 0 Å². The van der Waals surface area contributed by atoms with Crippen molar-refractivity contribution in [2.45, 2.75) is 18.8 Å². The van der Waals surface area contributed by atoms with E-state index in [2.05, 4.69) is 9.97 Å². The van der Waals surface area contributed by atoms with Crippen molar-refractivity contribution in [2.75, 3.05) is 0 Å². The van der Waals surface area contributed by atoms with Crippen LogP contribution in [0.1, 0.15) is 24.5 Å². The van der Waals surface area contributed by atoms with Gasteiger partial charge in [-0.1, -0.05) is 11.6 Å². The van der Waals surface area contributed by atoms with Gasteiger partial charge < -0.3 is 0 Å². The Balaban J connectivity index is 2.39. The first kappa shape index (κ1) is 6.10. The molecule has 52 valence electrons. The Hall–Kier alpha value is -0.630. The summed E-state index contributed by atoms with van der Waals surface area (Å²) in [6.07, 6.45) is 5.68. The standard InChI is InChI=1S/C7H7ClN2/c8-6-3-9-4-10-7(6)5-1-2-5/h3-5H,1-2H2. The zero-order chi connectivity index (χ0) is 6.97. The van der Waals surface area contributed by atoms with Crippen LogP contribution < -0.4 is 0 Å². The Labute approximate surface area is 64.3 Å². The Bertz CT molecular complexity index is 245. The molecule has 1 fully saturated rings. The van der Waals surface area contributed by atoms with Gasteiger partial charge in [-0.25, -0.2) is 9.97 Å². The Morgan fingerprint density at radius 1 is 1.50 bits per heavy atom. The molecule has 1 saturated carbocycles. The second-order valence-electron chi connectivity index (χ2n) is 2.53. The minimum atomic E-state index is 0.621. The molecule has 3 heteroatoms. The molecule has 0 radical (unpaired) electrons. The van der Waals surface area contributed by atoms with Crippen molar-refractivity contribution in [3.05, 3.63) is 23.2 Å². The van der Waals surface area contributed by atoms with E-state index in [-0.39, 0.29) is 0 Å². The summed E-state index contributed by atoms with van der Waals surface area (Å²) < 4.78 is 0. The van der Waals surface area contributed by atoms with Gasteiger partial charge in [0.15, 0.2) is 0 Å². The van der Waals surface area contributed by atoms with Crippen LogP contribution in [0.2, 0.25) is 5.02 Å². The SMILES string of the molecule is Clc1cncnc1C1CC1. The van der Waals surface area contributed by atoms with Gasteiger partial charge in [0.1, 0.15) is 6.33 Å². The summed E-state index contributed by atoms with van der Waals surface area (Å²) in [5.74, 6) is 0.621. The van der Waals surface area contributed by atoms with Gasteiger partial charge in [-0.15, -0.1) is 0 Å². The molecule has 10 heavy (non-hydrogen) atoms. The van der Waals surface area contributed by atoms with E-state index < -0.39 is 0 Å². The van der Waals surface area contributed by atoms with Gasteiger partial charge >= 0.3 is 0 Å². The molecular formula is C7H7ClN2. The molecule has 2 nitrogen and oxygen atoms in total. The predicted octanol–water partition coefficient (Wildman–Crippen LogP) is 2.01. The first-order valence-electron chi connectivity index (χ1n) is 3.33. The monoisotopic (exact) mass is 154 g/mol. The molecule has 1 aromatic heterocycles. The molecule has 0 atom stereocenters. The number of hydrogen-bond acceptors (Lipinski definition) is 2. The summed E-state index contributed by atoms with van der Waals surface area (Å²) in [4.78, 5) is 7.91. The predicted molar refractivity (Wildman–Crippen MR) is 39.0 cm³/mol. The van der Waals surface area contributed by atoms with Crippen LogP contribution in [-0.4, -0.2) is 9.97 Å². The lowest BCUT2D eigenvalue weighted by atomic mass is 10.3. The van der Waals surface area contributed by atoms with Crippen molar-refractivity contribution in [1.29, 1.82) is 0 Å². The molecular weight excluding hydrogens is 148 g/mol. The average molecular weight is 155 g/mol. The molecule has 0 amide bonds. The van der Waals surface area contributed by atoms with Crippen molar-refractivity contribution in [2.24, 2.45) is 0 Å².